The van der Waals surface area contributed by atoms with E-state index in [0.29, 0.717) is 36.7 Å². The van der Waals surface area contributed by atoms with Crippen LogP contribution in [-0.4, -0.2) is 107 Å². The van der Waals surface area contributed by atoms with E-state index in [1.165, 1.54) is 32.1 Å². The van der Waals surface area contributed by atoms with E-state index in [1.807, 2.05) is 33.3 Å². The molecule has 0 bridgehead atoms. The van der Waals surface area contributed by atoms with Crippen LogP contribution in [0.1, 0.15) is 136 Å². The first-order valence-corrected chi connectivity index (χ1v) is 22.1. The molecule has 310 valence electrons. The molecule has 12 heteroatoms. The zero-order valence-electron chi connectivity index (χ0n) is 33.8. The van der Waals surface area contributed by atoms with Crippen molar-refractivity contribution in [2.75, 3.05) is 40.9 Å². The minimum atomic E-state index is -4.40. The molecular weight excluding hydrogens is 695 g/mol. The molecule has 0 heterocycles. The van der Waals surface area contributed by atoms with Crippen LogP contribution in [0.15, 0.2) is 36.5 Å². The predicted octanol–water partition coefficient (Wildman–Crippen LogP) is 7.12. The van der Waals surface area contributed by atoms with E-state index in [-0.39, 0.29) is 30.8 Å². The van der Waals surface area contributed by atoms with Crippen molar-refractivity contribution < 1.29 is 48.2 Å². The summed E-state index contributed by atoms with van der Waals surface area (Å²) in [7, 11) is 1.42. The number of unbranched alkanes of at least 4 members (excludes halogenated alkanes) is 11. The molecule has 1 rings (SSSR count). The lowest BCUT2D eigenvalue weighted by atomic mass is 9.88. The number of carbonyl (C=O) groups is 1. The van der Waals surface area contributed by atoms with Crippen LogP contribution in [0.4, 0.5) is 0 Å². The maximum Gasteiger partial charge on any atom is 0.472 e. The number of carbonyl (C=O) groups excluding carboxylic acids is 1. The van der Waals surface area contributed by atoms with Crippen LogP contribution >= 0.6 is 7.82 Å². The summed E-state index contributed by atoms with van der Waals surface area (Å²) < 4.78 is 23.4. The fourth-order valence-corrected chi connectivity index (χ4v) is 7.30. The fraction of sp³-hybridized carbons (Fsp3) is 0.829. The third-order valence-corrected chi connectivity index (χ3v) is 10.9. The van der Waals surface area contributed by atoms with Gasteiger partial charge in [-0.15, -0.1) is 0 Å². The van der Waals surface area contributed by atoms with E-state index in [9.17, 15) is 34.7 Å². The largest absolute Gasteiger partial charge is 0.472 e. The predicted molar refractivity (Wildman–Crippen MR) is 214 cm³/mol. The van der Waals surface area contributed by atoms with Crippen LogP contribution in [0, 0.1) is 11.8 Å². The van der Waals surface area contributed by atoms with Gasteiger partial charge in [-0.05, 0) is 50.9 Å². The number of phosphoric acid groups is 1. The minimum absolute atomic E-state index is 0.0168. The number of nitrogens with zero attached hydrogens (tertiary/aromatic N) is 1. The monoisotopic (exact) mass is 774 g/mol. The van der Waals surface area contributed by atoms with Crippen molar-refractivity contribution in [3.05, 3.63) is 36.5 Å². The second-order valence-electron chi connectivity index (χ2n) is 16.0. The highest BCUT2D eigenvalue weighted by Crippen LogP contribution is 2.43. The molecule has 1 aliphatic rings. The van der Waals surface area contributed by atoms with Crippen LogP contribution in [0.3, 0.4) is 0 Å². The molecule has 6 N–H and O–H groups in total. The van der Waals surface area contributed by atoms with E-state index >= 15 is 0 Å². The van der Waals surface area contributed by atoms with E-state index < -0.39 is 44.9 Å². The molecule has 1 fully saturated rings. The summed E-state index contributed by atoms with van der Waals surface area (Å²) in [6, 6.07) is -0.940. The maximum absolute atomic E-state index is 12.9. The number of rotatable bonds is 32. The highest BCUT2D eigenvalue weighted by atomic mass is 31.2. The highest BCUT2D eigenvalue weighted by Gasteiger charge is 2.39. The first kappa shape index (κ1) is 49.6. The van der Waals surface area contributed by atoms with Gasteiger partial charge in [0.2, 0.25) is 5.91 Å². The Morgan fingerprint density at radius 1 is 0.830 bits per heavy atom. The zero-order chi connectivity index (χ0) is 39.5. The van der Waals surface area contributed by atoms with Crippen molar-refractivity contribution in [1.29, 1.82) is 0 Å². The molecule has 53 heavy (non-hydrogen) atoms. The number of hydrogen-bond donors (Lipinski definition) is 6. The molecular formula is C41H78N2O9P+. The van der Waals surface area contributed by atoms with Gasteiger partial charge in [0, 0.05) is 18.8 Å². The number of aliphatic hydroxyl groups excluding tert-OH is 4. The molecule has 1 unspecified atom stereocenters. The van der Waals surface area contributed by atoms with Crippen LogP contribution in [0.2, 0.25) is 0 Å². The second kappa shape index (κ2) is 28.9. The Morgan fingerprint density at radius 2 is 1.47 bits per heavy atom. The standard InChI is InChI=1S/C41H77N2O9P/c1-6-8-10-11-12-13-14-15-16-17-22-26-38(45)37(33-52-53(49,50)51-31-30-43(3,4)5)42-41(48)27-23-19-18-21-25-35-36(40(47)32-39(35)46)29-28-34(44)24-20-9-7-2/h14-15,22,26,28-29,34-40,44-47H,6-13,16-21,23-25,27,30-33H2,1-5H3,(H-,42,48,49,50)/p+1/b15-14-,26-22+,29-28+/t34-,35+,36+,37-,38+,39-,40+/m0/s1. The Hall–Kier alpha value is -1.40. The summed E-state index contributed by atoms with van der Waals surface area (Å²) in [5.74, 6) is -0.545. The van der Waals surface area contributed by atoms with Crippen molar-refractivity contribution in [2.45, 2.75) is 166 Å². The molecule has 1 aliphatic carbocycles. The lowest BCUT2D eigenvalue weighted by Crippen LogP contribution is -2.45. The van der Waals surface area contributed by atoms with Crippen molar-refractivity contribution in [3.8, 4) is 0 Å². The number of phosphoric ester groups is 1. The third-order valence-electron chi connectivity index (χ3n) is 9.93. The van der Waals surface area contributed by atoms with Gasteiger partial charge in [-0.2, -0.15) is 0 Å². The van der Waals surface area contributed by atoms with Gasteiger partial charge in [0.1, 0.15) is 13.2 Å². The molecule has 0 spiro atoms. The van der Waals surface area contributed by atoms with Crippen molar-refractivity contribution >= 4 is 13.7 Å². The summed E-state index contributed by atoms with van der Waals surface area (Å²) in [5, 5.41) is 45.1. The molecule has 8 atom stereocenters. The lowest BCUT2D eigenvalue weighted by molar-refractivity contribution is -0.870. The number of aliphatic hydroxyl groups is 4. The van der Waals surface area contributed by atoms with E-state index in [0.717, 1.165) is 57.8 Å². The van der Waals surface area contributed by atoms with Gasteiger partial charge in [0.05, 0.1) is 58.2 Å². The highest BCUT2D eigenvalue weighted by molar-refractivity contribution is 7.47. The number of amides is 1. The Balaban J connectivity index is 2.60. The van der Waals surface area contributed by atoms with Gasteiger partial charge < -0.3 is 35.1 Å². The van der Waals surface area contributed by atoms with Crippen LogP contribution in [-0.2, 0) is 18.4 Å². The summed E-state index contributed by atoms with van der Waals surface area (Å²) in [5.41, 5.74) is 0. The van der Waals surface area contributed by atoms with Gasteiger partial charge in [0.25, 0.3) is 0 Å². The normalized spacial score (nSPS) is 22.5. The summed E-state index contributed by atoms with van der Waals surface area (Å²) in [4.78, 5) is 23.2. The van der Waals surface area contributed by atoms with Crippen molar-refractivity contribution in [2.24, 2.45) is 11.8 Å². The van der Waals surface area contributed by atoms with E-state index in [2.05, 4.69) is 31.3 Å². The maximum atomic E-state index is 12.9. The molecule has 1 amide bonds. The SMILES string of the molecule is CCCCCCC/C=C\CC/C=C/[C@@H](O)[C@H](COP(=O)(O)OCC[N+](C)(C)C)NC(=O)CCCCCC[C@@H]1[C@@H](/C=C/[C@@H](O)CCCCC)[C@H](O)C[C@@H]1O. The number of likely N-dealkylation sites (N-methyl/N-ethyl adjacent to an activating group) is 1. The first-order chi connectivity index (χ1) is 25.2. The van der Waals surface area contributed by atoms with Gasteiger partial charge >= 0.3 is 7.82 Å². The Labute approximate surface area is 322 Å². The van der Waals surface area contributed by atoms with Crippen molar-refractivity contribution in [3.63, 3.8) is 0 Å². The third kappa shape index (κ3) is 25.4. The van der Waals surface area contributed by atoms with Gasteiger partial charge in [0.15, 0.2) is 0 Å². The smallest absolute Gasteiger partial charge is 0.393 e. The van der Waals surface area contributed by atoms with E-state index in [4.69, 9.17) is 9.05 Å². The van der Waals surface area contributed by atoms with Gasteiger partial charge in [-0.25, -0.2) is 4.57 Å². The summed E-state index contributed by atoms with van der Waals surface area (Å²) in [6.07, 6.45) is 25.7. The fourth-order valence-electron chi connectivity index (χ4n) is 6.56. The quantitative estimate of drug-likeness (QED) is 0.0181. The number of quaternary nitrogens is 1. The molecule has 0 aromatic heterocycles. The first-order valence-electron chi connectivity index (χ1n) is 20.6. The average molecular weight is 774 g/mol. The number of nitrogens with one attached hydrogen (secondary N) is 1. The second-order valence-corrected chi connectivity index (χ2v) is 17.4. The zero-order valence-corrected chi connectivity index (χ0v) is 34.7. The molecule has 0 saturated heterocycles. The van der Waals surface area contributed by atoms with Gasteiger partial charge in [-0.3, -0.25) is 13.8 Å². The molecule has 11 nitrogen and oxygen atoms in total. The van der Waals surface area contributed by atoms with Crippen LogP contribution < -0.4 is 5.32 Å². The molecule has 0 aromatic carbocycles. The number of allylic oxidation sites excluding steroid dienone is 3. The summed E-state index contributed by atoms with van der Waals surface area (Å²) >= 11 is 0. The minimum Gasteiger partial charge on any atom is -0.393 e. The molecule has 1 saturated carbocycles. The topological polar surface area (TPSA) is 166 Å². The van der Waals surface area contributed by atoms with Crippen LogP contribution in [0.25, 0.3) is 0 Å². The van der Waals surface area contributed by atoms with Crippen LogP contribution in [0.5, 0.6) is 0 Å². The van der Waals surface area contributed by atoms with Crippen molar-refractivity contribution in [1.82, 2.24) is 5.32 Å². The Bertz CT molecular complexity index is 1080. The van der Waals surface area contributed by atoms with E-state index in [1.54, 1.807) is 12.2 Å². The molecule has 0 aliphatic heterocycles. The van der Waals surface area contributed by atoms with Gasteiger partial charge in [-0.1, -0.05) is 115 Å². The Morgan fingerprint density at radius 3 is 2.19 bits per heavy atom. The number of hydrogen-bond acceptors (Lipinski definition) is 8. The lowest BCUT2D eigenvalue weighted by Gasteiger charge is -2.25. The summed E-state index contributed by atoms with van der Waals surface area (Å²) in [6.45, 7) is 4.45. The average Bonchev–Trinajstić information content (AvgIpc) is 3.36. The molecule has 0 radical (unpaired) electrons. The molecule has 0 aromatic rings. The Kier molecular flexibility index (Phi) is 27.1.